The summed E-state index contributed by atoms with van der Waals surface area (Å²) in [5, 5.41) is 0. The largest absolute Gasteiger partial charge is 0.461 e. The molecule has 114 valence electrons. The number of Topliss-reactive ketones (excluding diaryl/α,β-unsaturated/α-hetero) is 1. The lowest BCUT2D eigenvalue weighted by molar-refractivity contribution is -0.118. The van der Waals surface area contributed by atoms with E-state index in [1.54, 1.807) is 20.8 Å². The molecule has 1 rings (SSSR count). The highest BCUT2D eigenvalue weighted by molar-refractivity contribution is 7.71. The van der Waals surface area contributed by atoms with Crippen molar-refractivity contribution in [2.45, 2.75) is 27.2 Å². The number of aromatic amines is 2. The molecule has 1 aromatic rings. The van der Waals surface area contributed by atoms with Crippen molar-refractivity contribution in [1.29, 1.82) is 0 Å². The highest BCUT2D eigenvalue weighted by atomic mass is 32.1. The summed E-state index contributed by atoms with van der Waals surface area (Å²) in [5.41, 5.74) is -0.855. The van der Waals surface area contributed by atoms with Crippen molar-refractivity contribution in [3.05, 3.63) is 39.0 Å². The first-order valence-corrected chi connectivity index (χ1v) is 6.71. The van der Waals surface area contributed by atoms with Gasteiger partial charge in [-0.1, -0.05) is 20.4 Å². The van der Waals surface area contributed by atoms with Crippen LogP contribution in [0.1, 0.15) is 37.6 Å². The first-order valence-electron chi connectivity index (χ1n) is 6.30. The SMILES string of the molecule is C=C(C)C(=O)CC(C)(C)COC(=O)c1c[nH]c(=S)[nH]c1=O. The van der Waals surface area contributed by atoms with Gasteiger partial charge in [0.2, 0.25) is 0 Å². The number of ether oxygens (including phenoxy) is 1. The lowest BCUT2D eigenvalue weighted by Crippen LogP contribution is -2.27. The van der Waals surface area contributed by atoms with E-state index in [4.69, 9.17) is 17.0 Å². The maximum atomic E-state index is 11.8. The fourth-order valence-electron chi connectivity index (χ4n) is 1.54. The van der Waals surface area contributed by atoms with E-state index < -0.39 is 16.9 Å². The highest BCUT2D eigenvalue weighted by Crippen LogP contribution is 2.23. The molecule has 1 aromatic heterocycles. The minimum Gasteiger partial charge on any atom is -0.461 e. The molecule has 0 amide bonds. The van der Waals surface area contributed by atoms with Gasteiger partial charge in [-0.2, -0.15) is 0 Å². The van der Waals surface area contributed by atoms with Crippen molar-refractivity contribution < 1.29 is 14.3 Å². The van der Waals surface area contributed by atoms with E-state index >= 15 is 0 Å². The minimum absolute atomic E-state index is 0.0138. The Morgan fingerprint density at radius 3 is 2.57 bits per heavy atom. The molecular weight excluding hydrogens is 292 g/mol. The third kappa shape index (κ3) is 5.11. The maximum absolute atomic E-state index is 11.8. The Hall–Kier alpha value is -2.02. The van der Waals surface area contributed by atoms with Crippen molar-refractivity contribution in [2.75, 3.05) is 6.61 Å². The average molecular weight is 310 g/mol. The smallest absolute Gasteiger partial charge is 0.345 e. The molecule has 0 spiro atoms. The van der Waals surface area contributed by atoms with Gasteiger partial charge in [-0.05, 0) is 24.7 Å². The number of hydrogen-bond donors (Lipinski definition) is 2. The van der Waals surface area contributed by atoms with E-state index in [1.807, 2.05) is 0 Å². The normalized spacial score (nSPS) is 11.0. The van der Waals surface area contributed by atoms with Crippen molar-refractivity contribution in [3.63, 3.8) is 0 Å². The summed E-state index contributed by atoms with van der Waals surface area (Å²) >= 11 is 4.73. The van der Waals surface area contributed by atoms with Gasteiger partial charge in [-0.25, -0.2) is 4.79 Å². The molecule has 0 radical (unpaired) electrons. The summed E-state index contributed by atoms with van der Waals surface area (Å²) < 4.78 is 5.23. The second kappa shape index (κ2) is 6.62. The van der Waals surface area contributed by atoms with E-state index in [2.05, 4.69) is 16.5 Å². The van der Waals surface area contributed by atoms with E-state index in [0.717, 1.165) is 0 Å². The molecule has 0 atom stereocenters. The molecular formula is C14H18N2O4S. The molecule has 0 saturated carbocycles. The number of carbonyl (C=O) groups excluding carboxylic acids is 2. The molecule has 0 aliphatic carbocycles. The lowest BCUT2D eigenvalue weighted by atomic mass is 9.87. The summed E-state index contributed by atoms with van der Waals surface area (Å²) in [5.74, 6) is -0.851. The summed E-state index contributed by atoms with van der Waals surface area (Å²) in [6, 6.07) is 0. The van der Waals surface area contributed by atoms with Gasteiger partial charge in [0.05, 0.1) is 6.61 Å². The van der Waals surface area contributed by atoms with Crippen LogP contribution in [0.3, 0.4) is 0 Å². The number of carbonyl (C=O) groups is 2. The van der Waals surface area contributed by atoms with Crippen LogP contribution in [0.5, 0.6) is 0 Å². The van der Waals surface area contributed by atoms with Crippen LogP contribution >= 0.6 is 12.2 Å². The second-order valence-electron chi connectivity index (χ2n) is 5.61. The van der Waals surface area contributed by atoms with Crippen LogP contribution in [0.4, 0.5) is 0 Å². The number of esters is 1. The maximum Gasteiger partial charge on any atom is 0.345 e. The number of allylic oxidation sites excluding steroid dienone is 1. The molecule has 0 aromatic carbocycles. The van der Waals surface area contributed by atoms with Crippen LogP contribution in [-0.4, -0.2) is 28.3 Å². The molecule has 7 heteroatoms. The standard InChI is InChI=1S/C14H18N2O4S/c1-8(2)10(17)5-14(3,4)7-20-12(19)9-6-15-13(21)16-11(9)18/h6H,1,5,7H2,2-4H3,(H2,15,16,18,21). The van der Waals surface area contributed by atoms with Gasteiger partial charge in [-0.3, -0.25) is 14.6 Å². The van der Waals surface area contributed by atoms with E-state index in [-0.39, 0.29) is 29.1 Å². The fourth-order valence-corrected chi connectivity index (χ4v) is 1.69. The second-order valence-corrected chi connectivity index (χ2v) is 6.01. The number of hydrogen-bond acceptors (Lipinski definition) is 5. The Kier molecular flexibility index (Phi) is 5.37. The van der Waals surface area contributed by atoms with E-state index in [0.29, 0.717) is 5.57 Å². The van der Waals surface area contributed by atoms with Crippen molar-refractivity contribution >= 4 is 24.0 Å². The molecule has 21 heavy (non-hydrogen) atoms. The van der Waals surface area contributed by atoms with Gasteiger partial charge in [0.15, 0.2) is 10.6 Å². The van der Waals surface area contributed by atoms with Crippen molar-refractivity contribution in [2.24, 2.45) is 5.41 Å². The van der Waals surface area contributed by atoms with Crippen LogP contribution < -0.4 is 5.56 Å². The predicted molar refractivity (Wildman–Crippen MR) is 80.7 cm³/mol. The third-order valence-electron chi connectivity index (χ3n) is 2.75. The van der Waals surface area contributed by atoms with Crippen LogP contribution in [0.15, 0.2) is 23.1 Å². The number of H-pyrrole nitrogens is 2. The Morgan fingerprint density at radius 1 is 1.43 bits per heavy atom. The summed E-state index contributed by atoms with van der Waals surface area (Å²) in [6.07, 6.45) is 1.42. The van der Waals surface area contributed by atoms with Gasteiger partial charge < -0.3 is 9.72 Å². The lowest BCUT2D eigenvalue weighted by Gasteiger charge is -2.23. The molecule has 0 saturated heterocycles. The van der Waals surface area contributed by atoms with Crippen molar-refractivity contribution in [3.8, 4) is 0 Å². The predicted octanol–water partition coefficient (Wildman–Crippen LogP) is 2.15. The van der Waals surface area contributed by atoms with Crippen molar-refractivity contribution in [1.82, 2.24) is 9.97 Å². The minimum atomic E-state index is -0.765. The number of rotatable bonds is 6. The topological polar surface area (TPSA) is 92.0 Å². The van der Waals surface area contributed by atoms with Crippen LogP contribution in [-0.2, 0) is 9.53 Å². The molecule has 0 aliphatic heterocycles. The fraction of sp³-hybridized carbons (Fsp3) is 0.429. The average Bonchev–Trinajstić information content (AvgIpc) is 2.35. The zero-order chi connectivity index (χ0) is 16.2. The Labute approximate surface area is 127 Å². The quantitative estimate of drug-likeness (QED) is 0.477. The number of ketones is 1. The Bertz CT molecular complexity index is 685. The summed E-state index contributed by atoms with van der Waals surface area (Å²) in [6.45, 7) is 8.82. The van der Waals surface area contributed by atoms with Gasteiger partial charge in [-0.15, -0.1) is 0 Å². The molecule has 1 heterocycles. The van der Waals surface area contributed by atoms with E-state index in [1.165, 1.54) is 6.20 Å². The van der Waals surface area contributed by atoms with E-state index in [9.17, 15) is 14.4 Å². The number of aromatic nitrogens is 2. The Balaban J connectivity index is 2.72. The third-order valence-corrected chi connectivity index (χ3v) is 2.97. The molecule has 0 fully saturated rings. The van der Waals surface area contributed by atoms with Gasteiger partial charge in [0.25, 0.3) is 5.56 Å². The monoisotopic (exact) mass is 310 g/mol. The zero-order valence-corrected chi connectivity index (χ0v) is 13.1. The summed E-state index contributed by atoms with van der Waals surface area (Å²) in [4.78, 5) is 39.9. The highest BCUT2D eigenvalue weighted by Gasteiger charge is 2.25. The first kappa shape index (κ1) is 17.0. The Morgan fingerprint density at radius 2 is 2.05 bits per heavy atom. The molecule has 2 N–H and O–H groups in total. The molecule has 0 aliphatic rings. The van der Waals surface area contributed by atoms with Crippen LogP contribution in [0.2, 0.25) is 0 Å². The molecule has 0 unspecified atom stereocenters. The van der Waals surface area contributed by atoms with Crippen LogP contribution in [0.25, 0.3) is 0 Å². The molecule has 6 nitrogen and oxygen atoms in total. The van der Waals surface area contributed by atoms with Gasteiger partial charge >= 0.3 is 5.97 Å². The van der Waals surface area contributed by atoms with Gasteiger partial charge in [0.1, 0.15) is 5.56 Å². The molecule has 0 bridgehead atoms. The van der Waals surface area contributed by atoms with Gasteiger partial charge in [0, 0.05) is 18.0 Å². The number of nitrogens with one attached hydrogen (secondary N) is 2. The summed E-state index contributed by atoms with van der Waals surface area (Å²) in [7, 11) is 0. The van der Waals surface area contributed by atoms with Crippen LogP contribution in [0, 0.1) is 10.2 Å². The first-order chi connectivity index (χ1) is 9.62. The zero-order valence-electron chi connectivity index (χ0n) is 12.2.